The van der Waals surface area contributed by atoms with Crippen LogP contribution in [0.15, 0.2) is 86.0 Å². The van der Waals surface area contributed by atoms with E-state index in [-0.39, 0.29) is 5.78 Å². The number of hydrogen-bond acceptors (Lipinski definition) is 3. The second-order valence-corrected chi connectivity index (χ2v) is 6.18. The first-order chi connectivity index (χ1) is 10.2. The van der Waals surface area contributed by atoms with Crippen LogP contribution in [0, 0.1) is 0 Å². The molecule has 0 aliphatic heterocycles. The zero-order valence-corrected chi connectivity index (χ0v) is 12.9. The van der Waals surface area contributed by atoms with Crippen molar-refractivity contribution in [2.45, 2.75) is 14.7 Å². The van der Waals surface area contributed by atoms with E-state index >= 15 is 0 Å². The van der Waals surface area contributed by atoms with Gasteiger partial charge in [0.1, 0.15) is 4.90 Å². The molecule has 1 aromatic heterocycles. The van der Waals surface area contributed by atoms with Gasteiger partial charge >= 0.3 is 0 Å². The lowest BCUT2D eigenvalue weighted by Crippen LogP contribution is -1.98. The Morgan fingerprint density at radius 3 is 2.10 bits per heavy atom. The molecule has 2 nitrogen and oxygen atoms in total. The van der Waals surface area contributed by atoms with Crippen molar-refractivity contribution in [2.75, 3.05) is 0 Å². The van der Waals surface area contributed by atoms with E-state index in [9.17, 15) is 4.79 Å². The van der Waals surface area contributed by atoms with Gasteiger partial charge in [-0.25, -0.2) is 0 Å². The fourth-order valence-electron chi connectivity index (χ4n) is 1.88. The fraction of sp³-hybridized carbons (Fsp3) is 0. The Kier molecular flexibility index (Phi) is 4.18. The maximum atomic E-state index is 12.1. The molecule has 0 atom stereocenters. The summed E-state index contributed by atoms with van der Waals surface area (Å²) in [6, 6.07) is 19.0. The molecule has 0 fully saturated rings. The van der Waals surface area contributed by atoms with Crippen molar-refractivity contribution in [3.05, 3.63) is 78.3 Å². The molecule has 21 heavy (non-hydrogen) atoms. The number of furan rings is 1. The Balaban J connectivity index is 1.75. The van der Waals surface area contributed by atoms with E-state index in [2.05, 4.69) is 24.8 Å². The molecular weight excluding hydrogens is 300 g/mol. The number of rotatable bonds is 4. The molecule has 0 bridgehead atoms. The normalized spacial score (nSPS) is 10.5. The largest absolute Gasteiger partial charge is 0.461 e. The summed E-state index contributed by atoms with van der Waals surface area (Å²) in [4.78, 5) is 15.4. The summed E-state index contributed by atoms with van der Waals surface area (Å²) in [6.45, 7) is 0. The van der Waals surface area contributed by atoms with Crippen LogP contribution < -0.4 is 0 Å². The van der Waals surface area contributed by atoms with Gasteiger partial charge in [-0.1, -0.05) is 11.8 Å². The van der Waals surface area contributed by atoms with Crippen molar-refractivity contribution in [3.8, 4) is 0 Å². The first-order valence-corrected chi connectivity index (χ1v) is 7.72. The van der Waals surface area contributed by atoms with Gasteiger partial charge in [0.2, 0.25) is 5.78 Å². The Labute approximate surface area is 132 Å². The van der Waals surface area contributed by atoms with Crippen LogP contribution in [0.3, 0.4) is 0 Å². The third kappa shape index (κ3) is 3.40. The van der Waals surface area contributed by atoms with E-state index in [4.69, 9.17) is 4.42 Å². The van der Waals surface area contributed by atoms with Gasteiger partial charge in [-0.15, -0.1) is 0 Å². The topological polar surface area (TPSA) is 30.2 Å². The van der Waals surface area contributed by atoms with Gasteiger partial charge in [-0.3, -0.25) is 4.79 Å². The van der Waals surface area contributed by atoms with E-state index in [1.54, 1.807) is 23.9 Å². The summed E-state index contributed by atoms with van der Waals surface area (Å²) in [7, 11) is 0. The van der Waals surface area contributed by atoms with Gasteiger partial charge in [-0.05, 0) is 73.3 Å². The van der Waals surface area contributed by atoms with Gasteiger partial charge in [0, 0.05) is 15.4 Å². The van der Waals surface area contributed by atoms with Crippen molar-refractivity contribution < 1.29 is 9.21 Å². The summed E-state index contributed by atoms with van der Waals surface area (Å²) < 4.78 is 5.13. The average Bonchev–Trinajstić information content (AvgIpc) is 3.04. The first-order valence-electron chi connectivity index (χ1n) is 6.40. The maximum Gasteiger partial charge on any atom is 0.228 e. The molecule has 0 radical (unpaired) electrons. The molecule has 0 aliphatic carbocycles. The predicted octanol–water partition coefficient (Wildman–Crippen LogP) is 4.03. The Morgan fingerprint density at radius 1 is 0.905 bits per heavy atom. The Morgan fingerprint density at radius 2 is 1.52 bits per heavy atom. The van der Waals surface area contributed by atoms with Crippen LogP contribution in [0.1, 0.15) is 16.1 Å². The van der Waals surface area contributed by atoms with Crippen LogP contribution in [-0.4, -0.2) is 5.78 Å². The molecule has 3 aromatic rings. The molecule has 0 aliphatic rings. The van der Waals surface area contributed by atoms with Gasteiger partial charge < -0.3 is 4.42 Å². The molecule has 104 valence electrons. The van der Waals surface area contributed by atoms with Crippen molar-refractivity contribution in [2.24, 2.45) is 0 Å². The third-order valence-corrected chi connectivity index (χ3v) is 4.30. The van der Waals surface area contributed by atoms with Crippen molar-refractivity contribution in [1.82, 2.24) is 0 Å². The standard InChI is InChI=1S/C17H12O2S2/c18-17(16-2-1-11-19-16)12-3-7-14(8-4-12)21-15-9-5-13(20)6-10-15/h1-11,20H/p+1. The summed E-state index contributed by atoms with van der Waals surface area (Å²) in [5.41, 5.74) is 0.629. The Bertz CT molecular complexity index is 729. The highest BCUT2D eigenvalue weighted by Crippen LogP contribution is 2.28. The number of hydrogen-bond donors (Lipinski definition) is 0. The van der Waals surface area contributed by atoms with E-state index < -0.39 is 0 Å². The lowest BCUT2D eigenvalue weighted by molar-refractivity contribution is 0.101. The molecule has 0 saturated heterocycles. The SMILES string of the molecule is O=C(c1ccc(Sc2ccc([SH2+])cc2)cc1)c1ccco1. The molecule has 4 heteroatoms. The molecule has 0 spiro atoms. The van der Waals surface area contributed by atoms with Crippen LogP contribution in [0.2, 0.25) is 0 Å². The molecular formula is C17H13O2S2+. The van der Waals surface area contributed by atoms with E-state index in [0.717, 1.165) is 14.7 Å². The minimum absolute atomic E-state index is 0.0973. The number of carbonyl (C=O) groups is 1. The third-order valence-electron chi connectivity index (χ3n) is 2.95. The second-order valence-electron chi connectivity index (χ2n) is 4.46. The molecule has 0 N–H and O–H groups in total. The van der Waals surface area contributed by atoms with Crippen LogP contribution in [0.4, 0.5) is 0 Å². The lowest BCUT2D eigenvalue weighted by atomic mass is 10.1. The minimum atomic E-state index is -0.0973. The number of benzene rings is 2. The smallest absolute Gasteiger partial charge is 0.228 e. The molecule has 0 saturated carbocycles. The van der Waals surface area contributed by atoms with Gasteiger partial charge in [0.15, 0.2) is 5.76 Å². The molecule has 3 rings (SSSR count). The lowest BCUT2D eigenvalue weighted by Gasteiger charge is -2.03. The Hall–Kier alpha value is -1.91. The highest BCUT2D eigenvalue weighted by molar-refractivity contribution is 7.99. The fourth-order valence-corrected chi connectivity index (χ4v) is 2.87. The van der Waals surface area contributed by atoms with Crippen LogP contribution in [0.25, 0.3) is 0 Å². The van der Waals surface area contributed by atoms with Crippen molar-refractivity contribution in [3.63, 3.8) is 0 Å². The van der Waals surface area contributed by atoms with Crippen LogP contribution >= 0.6 is 11.8 Å². The highest BCUT2D eigenvalue weighted by Gasteiger charge is 2.11. The molecule has 2 aromatic carbocycles. The van der Waals surface area contributed by atoms with E-state index in [1.165, 1.54) is 6.26 Å². The summed E-state index contributed by atoms with van der Waals surface area (Å²) in [5, 5.41) is 0. The monoisotopic (exact) mass is 313 g/mol. The summed E-state index contributed by atoms with van der Waals surface area (Å²) in [6.07, 6.45) is 1.50. The summed E-state index contributed by atoms with van der Waals surface area (Å²) >= 11 is 5.13. The number of carbonyl (C=O) groups excluding carboxylic acids is 1. The van der Waals surface area contributed by atoms with Gasteiger partial charge in [0.05, 0.1) is 6.26 Å². The van der Waals surface area contributed by atoms with Crippen LogP contribution in [0.5, 0.6) is 0 Å². The molecule has 0 amide bonds. The predicted molar refractivity (Wildman–Crippen MR) is 87.6 cm³/mol. The van der Waals surface area contributed by atoms with Gasteiger partial charge in [0.25, 0.3) is 0 Å². The zero-order valence-electron chi connectivity index (χ0n) is 11.1. The van der Waals surface area contributed by atoms with Crippen molar-refractivity contribution in [1.29, 1.82) is 0 Å². The molecule has 0 unspecified atom stereocenters. The van der Waals surface area contributed by atoms with E-state index in [0.29, 0.717) is 11.3 Å². The minimum Gasteiger partial charge on any atom is -0.461 e. The second kappa shape index (κ2) is 6.24. The van der Waals surface area contributed by atoms with Crippen molar-refractivity contribution >= 4 is 30.2 Å². The highest BCUT2D eigenvalue weighted by atomic mass is 32.2. The quantitative estimate of drug-likeness (QED) is 0.538. The van der Waals surface area contributed by atoms with Crippen LogP contribution in [-0.2, 0) is 12.6 Å². The maximum absolute atomic E-state index is 12.1. The molecule has 1 heterocycles. The van der Waals surface area contributed by atoms with E-state index in [1.807, 2.05) is 36.4 Å². The zero-order chi connectivity index (χ0) is 14.7. The van der Waals surface area contributed by atoms with Gasteiger partial charge in [-0.2, -0.15) is 0 Å². The number of ketones is 1. The summed E-state index contributed by atoms with van der Waals surface area (Å²) in [5.74, 6) is 0.267. The first kappa shape index (κ1) is 14.0. The average molecular weight is 313 g/mol.